The Morgan fingerprint density at radius 3 is 2.79 bits per heavy atom. The quantitative estimate of drug-likeness (QED) is 0.646. The molecule has 0 radical (unpaired) electrons. The molecule has 1 aromatic carbocycles. The highest BCUT2D eigenvalue weighted by molar-refractivity contribution is 5.94. The number of rotatable bonds is 5. The van der Waals surface area contributed by atoms with E-state index in [1.165, 1.54) is 12.4 Å². The van der Waals surface area contributed by atoms with Crippen LogP contribution in [0.25, 0.3) is 0 Å². The van der Waals surface area contributed by atoms with Crippen LogP contribution >= 0.6 is 0 Å². The fourth-order valence-electron chi connectivity index (χ4n) is 1.76. The second kappa shape index (κ2) is 6.97. The van der Waals surface area contributed by atoms with Gasteiger partial charge in [-0.15, -0.1) is 0 Å². The van der Waals surface area contributed by atoms with Crippen LogP contribution in [-0.2, 0) is 11.0 Å². The van der Waals surface area contributed by atoms with E-state index in [0.29, 0.717) is 6.07 Å². The molecular weight excluding hydrogens is 329 g/mol. The molecule has 8 nitrogen and oxygen atoms in total. The number of carbonyl (C=O) groups excluding carboxylic acids is 1. The lowest BCUT2D eigenvalue weighted by Crippen LogP contribution is -2.34. The summed E-state index contributed by atoms with van der Waals surface area (Å²) < 4.78 is 38.5. The van der Waals surface area contributed by atoms with E-state index in [1.54, 1.807) is 0 Å². The van der Waals surface area contributed by atoms with Crippen LogP contribution in [0.3, 0.4) is 0 Å². The predicted molar refractivity (Wildman–Crippen MR) is 75.7 cm³/mol. The number of nitrogens with zero attached hydrogens (tertiary/aromatic N) is 3. The summed E-state index contributed by atoms with van der Waals surface area (Å²) in [5.41, 5.74) is -1.92. The van der Waals surface area contributed by atoms with Crippen molar-refractivity contribution in [3.63, 3.8) is 0 Å². The van der Waals surface area contributed by atoms with Gasteiger partial charge >= 0.3 is 6.18 Å². The summed E-state index contributed by atoms with van der Waals surface area (Å²) in [6, 6.07) is 4.15. The number of aromatic amines is 1. The van der Waals surface area contributed by atoms with E-state index in [9.17, 15) is 23.1 Å². The number of hydrogen-bond acceptors (Lipinski definition) is 6. The monoisotopic (exact) mass is 340 g/mol. The number of benzene rings is 1. The summed E-state index contributed by atoms with van der Waals surface area (Å²) >= 11 is 0. The van der Waals surface area contributed by atoms with Crippen molar-refractivity contribution >= 4 is 17.5 Å². The Morgan fingerprint density at radius 1 is 1.46 bits per heavy atom. The standard InChI is InChI=1S/C13H11F3N6O2/c14-13(15,16)9-3-8(2-1-7(9)4-17)21-11(24)10(23)5-18-12-19-6-20-22-12/h1-3,6,10,23H,5H2,(H,21,24)(H2,18,19,20,22)/t10-/m0/s1. The van der Waals surface area contributed by atoms with Crippen molar-refractivity contribution in [2.75, 3.05) is 17.2 Å². The number of anilines is 2. The largest absolute Gasteiger partial charge is 0.417 e. The van der Waals surface area contributed by atoms with Gasteiger partial charge in [-0.05, 0) is 18.2 Å². The van der Waals surface area contributed by atoms with E-state index in [-0.39, 0.29) is 18.2 Å². The van der Waals surface area contributed by atoms with Crippen LogP contribution in [0.1, 0.15) is 11.1 Å². The van der Waals surface area contributed by atoms with Crippen LogP contribution in [0.2, 0.25) is 0 Å². The molecule has 0 saturated heterocycles. The molecule has 11 heteroatoms. The summed E-state index contributed by atoms with van der Waals surface area (Å²) in [5.74, 6) is -0.695. The Bertz CT molecular complexity index is 754. The smallest absolute Gasteiger partial charge is 0.381 e. The molecule has 0 fully saturated rings. The first-order chi connectivity index (χ1) is 11.3. The number of aromatic nitrogens is 3. The summed E-state index contributed by atoms with van der Waals surface area (Å²) in [6.45, 7) is -0.233. The van der Waals surface area contributed by atoms with E-state index in [2.05, 4.69) is 25.8 Å². The van der Waals surface area contributed by atoms with Gasteiger partial charge in [-0.2, -0.15) is 23.5 Å². The SMILES string of the molecule is N#Cc1ccc(NC(=O)[C@@H](O)CNc2ncn[nH]2)cc1C(F)(F)F. The number of nitriles is 1. The Labute approximate surface area is 133 Å². The topological polar surface area (TPSA) is 127 Å². The van der Waals surface area contributed by atoms with E-state index in [1.807, 2.05) is 0 Å². The molecule has 1 amide bonds. The molecule has 126 valence electrons. The fraction of sp³-hybridized carbons (Fsp3) is 0.231. The van der Waals surface area contributed by atoms with Gasteiger partial charge in [0.15, 0.2) is 0 Å². The summed E-state index contributed by atoms with van der Waals surface area (Å²) in [5, 5.41) is 29.1. The number of nitrogens with one attached hydrogen (secondary N) is 3. The maximum absolute atomic E-state index is 12.8. The third kappa shape index (κ3) is 4.20. The van der Waals surface area contributed by atoms with Gasteiger partial charge in [-0.1, -0.05) is 0 Å². The van der Waals surface area contributed by atoms with Crippen molar-refractivity contribution in [2.45, 2.75) is 12.3 Å². The van der Waals surface area contributed by atoms with Gasteiger partial charge in [-0.3, -0.25) is 4.79 Å². The first kappa shape index (κ1) is 17.2. The number of alkyl halides is 3. The Kier molecular flexibility index (Phi) is 5.00. The Morgan fingerprint density at radius 2 is 2.21 bits per heavy atom. The molecule has 4 N–H and O–H groups in total. The molecule has 0 spiro atoms. The minimum Gasteiger partial charge on any atom is -0.381 e. The molecule has 0 bridgehead atoms. The van der Waals surface area contributed by atoms with Crippen LogP contribution < -0.4 is 10.6 Å². The van der Waals surface area contributed by atoms with Crippen molar-refractivity contribution in [1.82, 2.24) is 15.2 Å². The van der Waals surface area contributed by atoms with Crippen molar-refractivity contribution in [3.05, 3.63) is 35.7 Å². The van der Waals surface area contributed by atoms with E-state index in [4.69, 9.17) is 5.26 Å². The van der Waals surface area contributed by atoms with E-state index < -0.39 is 29.3 Å². The lowest BCUT2D eigenvalue weighted by Gasteiger charge is -2.14. The van der Waals surface area contributed by atoms with Crippen LogP contribution in [0.4, 0.5) is 24.8 Å². The Balaban J connectivity index is 2.04. The highest BCUT2D eigenvalue weighted by atomic mass is 19.4. The summed E-state index contributed by atoms with van der Waals surface area (Å²) in [6.07, 6.45) is -5.07. The minimum absolute atomic E-state index is 0.190. The summed E-state index contributed by atoms with van der Waals surface area (Å²) in [4.78, 5) is 15.5. The molecule has 0 aliphatic heterocycles. The van der Waals surface area contributed by atoms with Gasteiger partial charge in [0.05, 0.1) is 23.7 Å². The Hall–Kier alpha value is -3.13. The summed E-state index contributed by atoms with van der Waals surface area (Å²) in [7, 11) is 0. The van der Waals surface area contributed by atoms with Gasteiger partial charge in [-0.25, -0.2) is 10.1 Å². The number of aliphatic hydroxyl groups excluding tert-OH is 1. The van der Waals surface area contributed by atoms with Crippen LogP contribution in [-0.4, -0.2) is 38.8 Å². The van der Waals surface area contributed by atoms with E-state index in [0.717, 1.165) is 12.1 Å². The average molecular weight is 340 g/mol. The number of carbonyl (C=O) groups is 1. The van der Waals surface area contributed by atoms with Crippen LogP contribution in [0.15, 0.2) is 24.5 Å². The maximum atomic E-state index is 12.8. The number of hydrogen-bond donors (Lipinski definition) is 4. The normalized spacial score (nSPS) is 12.3. The molecule has 0 aliphatic rings. The van der Waals surface area contributed by atoms with E-state index >= 15 is 0 Å². The zero-order chi connectivity index (χ0) is 17.7. The van der Waals surface area contributed by atoms with Crippen molar-refractivity contribution in [2.24, 2.45) is 0 Å². The number of halogens is 3. The molecule has 1 aromatic heterocycles. The first-order valence-corrected chi connectivity index (χ1v) is 6.50. The molecule has 2 rings (SSSR count). The second-order valence-electron chi connectivity index (χ2n) is 4.59. The maximum Gasteiger partial charge on any atom is 0.417 e. The zero-order valence-corrected chi connectivity index (χ0v) is 11.9. The molecule has 0 saturated carbocycles. The third-order valence-electron chi connectivity index (χ3n) is 2.89. The van der Waals surface area contributed by atoms with Gasteiger partial charge in [0.25, 0.3) is 5.91 Å². The molecule has 1 atom stereocenters. The van der Waals surface area contributed by atoms with Crippen LogP contribution in [0.5, 0.6) is 0 Å². The number of aliphatic hydroxyl groups is 1. The lowest BCUT2D eigenvalue weighted by atomic mass is 10.1. The molecule has 0 aliphatic carbocycles. The first-order valence-electron chi connectivity index (χ1n) is 6.50. The molecule has 0 unspecified atom stereocenters. The number of H-pyrrole nitrogens is 1. The third-order valence-corrected chi connectivity index (χ3v) is 2.89. The minimum atomic E-state index is -4.74. The fourth-order valence-corrected chi connectivity index (χ4v) is 1.76. The van der Waals surface area contributed by atoms with Gasteiger partial charge in [0, 0.05) is 5.69 Å². The van der Waals surface area contributed by atoms with Gasteiger partial charge in [0.1, 0.15) is 12.4 Å². The molecule has 1 heterocycles. The average Bonchev–Trinajstić information content (AvgIpc) is 3.05. The highest BCUT2D eigenvalue weighted by Crippen LogP contribution is 2.33. The van der Waals surface area contributed by atoms with Gasteiger partial charge in [0.2, 0.25) is 5.95 Å². The molecule has 24 heavy (non-hydrogen) atoms. The molecule has 2 aromatic rings. The van der Waals surface area contributed by atoms with Gasteiger partial charge < -0.3 is 15.7 Å². The molecular formula is C13H11F3N6O2. The van der Waals surface area contributed by atoms with Crippen LogP contribution in [0, 0.1) is 11.3 Å². The zero-order valence-electron chi connectivity index (χ0n) is 11.9. The lowest BCUT2D eigenvalue weighted by molar-refractivity contribution is -0.137. The number of amides is 1. The van der Waals surface area contributed by atoms with Crippen molar-refractivity contribution in [3.8, 4) is 6.07 Å². The van der Waals surface area contributed by atoms with Crippen molar-refractivity contribution in [1.29, 1.82) is 5.26 Å². The van der Waals surface area contributed by atoms with Crippen molar-refractivity contribution < 1.29 is 23.1 Å². The predicted octanol–water partition coefficient (Wildman–Crippen LogP) is 1.11. The second-order valence-corrected chi connectivity index (χ2v) is 4.59. The highest BCUT2D eigenvalue weighted by Gasteiger charge is 2.34.